The molecule has 0 radical (unpaired) electrons. The van der Waals surface area contributed by atoms with Crippen molar-refractivity contribution in [3.63, 3.8) is 0 Å². The van der Waals surface area contributed by atoms with Crippen LogP contribution in [0.25, 0.3) is 0 Å². The molecule has 2 fully saturated rings. The van der Waals surface area contributed by atoms with Gasteiger partial charge in [0.1, 0.15) is 5.75 Å². The van der Waals surface area contributed by atoms with Gasteiger partial charge in [0.15, 0.2) is 11.6 Å². The van der Waals surface area contributed by atoms with Crippen LogP contribution >= 0.6 is 15.9 Å². The number of fused-ring (bicyclic) bond motifs is 3. The zero-order valence-corrected chi connectivity index (χ0v) is 15.4. The smallest absolute Gasteiger partial charge is 0.170 e. The van der Waals surface area contributed by atoms with Crippen LogP contribution in [-0.4, -0.2) is 31.9 Å². The number of ether oxygens (including phenoxy) is 3. The first-order valence-electron chi connectivity index (χ1n) is 8.34. The maximum Gasteiger partial charge on any atom is 0.170 e. The molecule has 0 amide bonds. The van der Waals surface area contributed by atoms with Crippen LogP contribution in [0.4, 0.5) is 0 Å². The van der Waals surface area contributed by atoms with Gasteiger partial charge < -0.3 is 14.2 Å². The molecular formula is C19H21BrO4. The van der Waals surface area contributed by atoms with E-state index in [4.69, 9.17) is 14.2 Å². The highest BCUT2D eigenvalue weighted by molar-refractivity contribution is 9.11. The van der Waals surface area contributed by atoms with Gasteiger partial charge in [-0.05, 0) is 40.9 Å². The zero-order valence-electron chi connectivity index (χ0n) is 13.8. The number of methoxy groups -OCH3 is 1. The third-order valence-corrected chi connectivity index (χ3v) is 6.00. The fourth-order valence-electron chi connectivity index (χ4n) is 4.81. The number of allylic oxidation sites excluding steroid dienone is 1. The van der Waals surface area contributed by atoms with Crippen molar-refractivity contribution in [2.75, 3.05) is 20.3 Å². The number of carbonyl (C=O) groups is 1. The normalized spacial score (nSPS) is 30.2. The van der Waals surface area contributed by atoms with E-state index in [-0.39, 0.29) is 11.7 Å². The van der Waals surface area contributed by atoms with E-state index in [2.05, 4.69) is 22.5 Å². The highest BCUT2D eigenvalue weighted by Gasteiger charge is 2.61. The van der Waals surface area contributed by atoms with Crippen LogP contribution in [0.15, 0.2) is 29.3 Å². The van der Waals surface area contributed by atoms with Gasteiger partial charge in [0.25, 0.3) is 0 Å². The number of carbonyl (C=O) groups excluding carboxylic acids is 1. The third kappa shape index (κ3) is 2.29. The second-order valence-electron chi connectivity index (χ2n) is 7.01. The van der Waals surface area contributed by atoms with Crippen molar-refractivity contribution in [1.29, 1.82) is 0 Å². The van der Waals surface area contributed by atoms with Crippen molar-refractivity contribution < 1.29 is 19.0 Å². The molecule has 128 valence electrons. The molecule has 1 aliphatic heterocycles. The lowest BCUT2D eigenvalue weighted by molar-refractivity contribution is -0.198. The molecule has 1 saturated carbocycles. The van der Waals surface area contributed by atoms with Crippen molar-refractivity contribution in [1.82, 2.24) is 0 Å². The summed E-state index contributed by atoms with van der Waals surface area (Å²) in [4.78, 5) is 13.5. The quantitative estimate of drug-likeness (QED) is 0.773. The lowest BCUT2D eigenvalue weighted by atomic mass is 9.62. The highest BCUT2D eigenvalue weighted by Crippen LogP contribution is 2.62. The Hall–Kier alpha value is -1.17. The monoisotopic (exact) mass is 392 g/mol. The van der Waals surface area contributed by atoms with Gasteiger partial charge in [-0.3, -0.25) is 4.79 Å². The van der Waals surface area contributed by atoms with Crippen molar-refractivity contribution >= 4 is 21.7 Å². The predicted molar refractivity (Wildman–Crippen MR) is 93.7 cm³/mol. The second-order valence-corrected chi connectivity index (χ2v) is 8.13. The molecule has 4 nitrogen and oxygen atoms in total. The number of Topliss-reactive ketones (excluding diaryl/α,β-unsaturated/α-hetero) is 1. The number of ketones is 1. The number of hydrogen-bond acceptors (Lipinski definition) is 4. The molecule has 1 saturated heterocycles. The Bertz CT molecular complexity index is 707. The summed E-state index contributed by atoms with van der Waals surface area (Å²) in [5, 5.41) is 0. The number of halogens is 1. The SMILES string of the molecule is C=C(Br)CC12CC3(CCC1c1ccc(OC)cc1C2=O)OCCO3. The molecule has 1 aromatic rings. The van der Waals surface area contributed by atoms with Gasteiger partial charge in [-0.15, -0.1) is 0 Å². The van der Waals surface area contributed by atoms with Crippen LogP contribution in [0.2, 0.25) is 0 Å². The van der Waals surface area contributed by atoms with E-state index in [1.807, 2.05) is 18.2 Å². The Morgan fingerprint density at radius 1 is 1.42 bits per heavy atom. The molecule has 0 bridgehead atoms. The molecule has 1 aromatic carbocycles. The summed E-state index contributed by atoms with van der Waals surface area (Å²) < 4.78 is 18.1. The van der Waals surface area contributed by atoms with E-state index in [0.717, 1.165) is 34.2 Å². The Balaban J connectivity index is 1.81. The molecular weight excluding hydrogens is 372 g/mol. The van der Waals surface area contributed by atoms with Crippen LogP contribution in [0.1, 0.15) is 47.5 Å². The molecule has 4 rings (SSSR count). The number of rotatable bonds is 3. The van der Waals surface area contributed by atoms with Gasteiger partial charge in [0.05, 0.1) is 25.7 Å². The van der Waals surface area contributed by atoms with Gasteiger partial charge >= 0.3 is 0 Å². The molecule has 1 heterocycles. The summed E-state index contributed by atoms with van der Waals surface area (Å²) in [7, 11) is 1.62. The standard InChI is InChI=1S/C19H21BrO4/c1-12(20)10-18-11-19(23-7-8-24-19)6-5-16(18)14-4-3-13(22-2)9-15(14)17(18)21/h3-4,9,16H,1,5-8,10-11H2,2H3. The summed E-state index contributed by atoms with van der Waals surface area (Å²) >= 11 is 3.49. The molecule has 5 heteroatoms. The van der Waals surface area contributed by atoms with Gasteiger partial charge in [-0.25, -0.2) is 0 Å². The Morgan fingerprint density at radius 2 is 2.17 bits per heavy atom. The largest absolute Gasteiger partial charge is 0.497 e. The zero-order chi connectivity index (χ0) is 16.9. The van der Waals surface area contributed by atoms with Crippen molar-refractivity contribution in [3.05, 3.63) is 40.4 Å². The Labute approximate surface area is 150 Å². The van der Waals surface area contributed by atoms with Gasteiger partial charge in [0.2, 0.25) is 0 Å². The van der Waals surface area contributed by atoms with Crippen molar-refractivity contribution in [3.8, 4) is 5.75 Å². The van der Waals surface area contributed by atoms with Crippen molar-refractivity contribution in [2.45, 2.75) is 37.4 Å². The lowest BCUT2D eigenvalue weighted by Crippen LogP contribution is -2.47. The highest BCUT2D eigenvalue weighted by atomic mass is 79.9. The van der Waals surface area contributed by atoms with Crippen LogP contribution in [0.5, 0.6) is 5.75 Å². The van der Waals surface area contributed by atoms with E-state index >= 15 is 0 Å². The summed E-state index contributed by atoms with van der Waals surface area (Å²) in [6.07, 6.45) is 2.89. The topological polar surface area (TPSA) is 44.8 Å². The fraction of sp³-hybridized carbons (Fsp3) is 0.526. The van der Waals surface area contributed by atoms with Gasteiger partial charge in [-0.1, -0.05) is 28.6 Å². The van der Waals surface area contributed by atoms with Crippen molar-refractivity contribution in [2.24, 2.45) is 5.41 Å². The molecule has 24 heavy (non-hydrogen) atoms. The molecule has 2 unspecified atom stereocenters. The minimum absolute atomic E-state index is 0.167. The van der Waals surface area contributed by atoms with E-state index in [0.29, 0.717) is 26.1 Å². The molecule has 1 spiro atoms. The van der Waals surface area contributed by atoms with E-state index in [1.54, 1.807) is 7.11 Å². The first-order valence-corrected chi connectivity index (χ1v) is 9.13. The average Bonchev–Trinajstić information content (AvgIpc) is 3.09. The summed E-state index contributed by atoms with van der Waals surface area (Å²) in [6, 6.07) is 5.86. The predicted octanol–water partition coefficient (Wildman–Crippen LogP) is 4.19. The van der Waals surface area contributed by atoms with E-state index < -0.39 is 11.2 Å². The first kappa shape index (κ1) is 16.3. The Morgan fingerprint density at radius 3 is 2.83 bits per heavy atom. The molecule has 0 N–H and O–H groups in total. The summed E-state index contributed by atoms with van der Waals surface area (Å²) in [5.74, 6) is 0.455. The van der Waals surface area contributed by atoms with Crippen LogP contribution in [0.3, 0.4) is 0 Å². The number of hydrogen-bond donors (Lipinski definition) is 0. The molecule has 3 aliphatic rings. The first-order chi connectivity index (χ1) is 11.5. The maximum atomic E-state index is 13.5. The minimum atomic E-state index is -0.610. The van der Waals surface area contributed by atoms with E-state index in [9.17, 15) is 4.79 Å². The van der Waals surface area contributed by atoms with Crippen LogP contribution in [-0.2, 0) is 9.47 Å². The van der Waals surface area contributed by atoms with Gasteiger partial charge in [-0.2, -0.15) is 0 Å². The van der Waals surface area contributed by atoms with E-state index in [1.165, 1.54) is 0 Å². The summed E-state index contributed by atoms with van der Waals surface area (Å²) in [5.41, 5.74) is 1.36. The van der Waals surface area contributed by atoms with Crippen LogP contribution in [0, 0.1) is 5.41 Å². The second kappa shape index (κ2) is 5.68. The molecule has 0 aromatic heterocycles. The molecule has 2 aliphatic carbocycles. The van der Waals surface area contributed by atoms with Crippen LogP contribution < -0.4 is 4.74 Å². The Kier molecular flexibility index (Phi) is 3.86. The molecule has 2 atom stereocenters. The lowest BCUT2D eigenvalue weighted by Gasteiger charge is -2.46. The third-order valence-electron chi connectivity index (χ3n) is 5.72. The van der Waals surface area contributed by atoms with Gasteiger partial charge in [0, 0.05) is 18.4 Å². The minimum Gasteiger partial charge on any atom is -0.497 e. The average molecular weight is 393 g/mol. The fourth-order valence-corrected chi connectivity index (χ4v) is 5.31. The number of benzene rings is 1. The summed E-state index contributed by atoms with van der Waals surface area (Å²) in [6.45, 7) is 5.21. The maximum absolute atomic E-state index is 13.5.